The Morgan fingerprint density at radius 3 is 1.94 bits per heavy atom. The van der Waals surface area contributed by atoms with Crippen molar-refractivity contribution in [1.29, 1.82) is 0 Å². The number of benzene rings is 1. The lowest BCUT2D eigenvalue weighted by atomic mass is 9.99. The average molecular weight is 700 g/mol. The van der Waals surface area contributed by atoms with Gasteiger partial charge in [-0.2, -0.15) is 13.2 Å². The summed E-state index contributed by atoms with van der Waals surface area (Å²) in [5, 5.41) is 12.3. The molecule has 8 N–H and O–H groups in total. The number of nitrogens with one attached hydrogen (secondary N) is 4. The van der Waals surface area contributed by atoms with Gasteiger partial charge in [-0.3, -0.25) is 9.79 Å². The highest BCUT2D eigenvalue weighted by Crippen LogP contribution is 2.29. The number of rotatable bonds is 20. The van der Waals surface area contributed by atoms with Gasteiger partial charge < -0.3 is 37.5 Å². The van der Waals surface area contributed by atoms with Crippen molar-refractivity contribution in [1.82, 2.24) is 21.3 Å². The van der Waals surface area contributed by atoms with E-state index in [1.54, 1.807) is 13.0 Å². The first-order valence-electron chi connectivity index (χ1n) is 17.2. The van der Waals surface area contributed by atoms with Crippen molar-refractivity contribution < 1.29 is 22.8 Å². The van der Waals surface area contributed by atoms with E-state index in [4.69, 9.17) is 11.5 Å². The van der Waals surface area contributed by atoms with Crippen molar-refractivity contribution in [2.45, 2.75) is 105 Å². The molecule has 0 aliphatic rings. The van der Waals surface area contributed by atoms with Crippen LogP contribution in [0.5, 0.6) is 0 Å². The van der Waals surface area contributed by atoms with Gasteiger partial charge in [0.2, 0.25) is 6.41 Å². The summed E-state index contributed by atoms with van der Waals surface area (Å²) in [7, 11) is 1.87. The van der Waals surface area contributed by atoms with Gasteiger partial charge in [-0.15, -0.1) is 0 Å². The Balaban J connectivity index is -0.000000332. The molecule has 0 saturated carbocycles. The van der Waals surface area contributed by atoms with E-state index >= 15 is 0 Å². The Labute approximate surface area is 295 Å². The number of amides is 1. The third-order valence-corrected chi connectivity index (χ3v) is 6.31. The fourth-order valence-electron chi connectivity index (χ4n) is 3.64. The largest absolute Gasteiger partial charge is 0.416 e. The molecule has 12 heteroatoms. The number of likely N-dealkylation sites (N-methyl/N-ethyl adjacent to an activating group) is 1. The molecule has 0 fully saturated rings. The zero-order valence-corrected chi connectivity index (χ0v) is 31.5. The normalized spacial score (nSPS) is 11.7. The van der Waals surface area contributed by atoms with E-state index in [0.29, 0.717) is 37.3 Å². The number of nitrogens with two attached hydrogens (primary N) is 2. The summed E-state index contributed by atoms with van der Waals surface area (Å²) >= 11 is 0. The minimum atomic E-state index is -4.22. The number of alkyl halides is 3. The fourth-order valence-corrected chi connectivity index (χ4v) is 3.64. The van der Waals surface area contributed by atoms with E-state index in [-0.39, 0.29) is 5.96 Å². The molecule has 1 aromatic rings. The summed E-state index contributed by atoms with van der Waals surface area (Å²) < 4.78 is 35.9. The summed E-state index contributed by atoms with van der Waals surface area (Å²) in [5.74, 6) is 0.150. The van der Waals surface area contributed by atoms with Crippen LogP contribution < -0.4 is 32.7 Å². The minimum absolute atomic E-state index is 0.150. The maximum absolute atomic E-state index is 12.0. The maximum Gasteiger partial charge on any atom is 0.416 e. The number of halogens is 3. The van der Waals surface area contributed by atoms with Crippen LogP contribution in [0, 0.1) is 6.92 Å². The summed E-state index contributed by atoms with van der Waals surface area (Å²) in [4.78, 5) is 24.4. The van der Waals surface area contributed by atoms with Crippen molar-refractivity contribution in [3.63, 3.8) is 0 Å². The van der Waals surface area contributed by atoms with Crippen LogP contribution in [-0.4, -0.2) is 70.5 Å². The number of aliphatic imine (C=N–C) groups is 1. The number of allylic oxidation sites excluding steroid dienone is 4. The summed E-state index contributed by atoms with van der Waals surface area (Å²) in [5.41, 5.74) is 12.7. The monoisotopic (exact) mass is 700 g/mol. The molecule has 0 aromatic heterocycles. The van der Waals surface area contributed by atoms with E-state index < -0.39 is 11.7 Å². The third-order valence-electron chi connectivity index (χ3n) is 6.31. The predicted octanol–water partition coefficient (Wildman–Crippen LogP) is 6.44. The van der Waals surface area contributed by atoms with Crippen molar-refractivity contribution in [2.24, 2.45) is 16.5 Å². The zero-order chi connectivity index (χ0) is 38.5. The average Bonchev–Trinajstić information content (AvgIpc) is 3.08. The standard InChI is InChI=1S/C19H33N3O2.C8H7F3.C5H14N4.C3H8.C2H6/c1-4-17(18(5-2)10-8-12-21-16-24)9-7-11-20-15-19(6-3)22-13-14-23;1-6-3-2-4-7(5-6)8(9,10)11;1-4(8-2)3-9-5(6)7;1-3-2;1-2/h4-5,14,16,19-20,22H,1-2,6-13,15H2,3H3,(H,21,24);2-5H,1H3;4,8H,3H2,1-2H3,(H4,6,7,9);3H2,1-2H3;1-2H3/b18-17-;;;;. The SMILES string of the molecule is C=C/C(CCCNC=O)=C(\C=C)CCCNCC(CC)NCC=O.CC.CCC.CNC(C)CN=C(N)N.Cc1cccc(C(F)(F)F)c1. The second kappa shape index (κ2) is 37.3. The minimum Gasteiger partial charge on any atom is -0.370 e. The smallest absolute Gasteiger partial charge is 0.370 e. The van der Waals surface area contributed by atoms with Crippen LogP contribution in [0.15, 0.2) is 65.7 Å². The number of guanidine groups is 1. The summed E-state index contributed by atoms with van der Waals surface area (Å²) in [6, 6.07) is 5.89. The number of hydrogen-bond acceptors (Lipinski definition) is 6. The number of aryl methyl sites for hydroxylation is 1. The van der Waals surface area contributed by atoms with Crippen molar-refractivity contribution in [3.8, 4) is 0 Å². The van der Waals surface area contributed by atoms with E-state index in [9.17, 15) is 22.8 Å². The van der Waals surface area contributed by atoms with Gasteiger partial charge in [0.15, 0.2) is 5.96 Å². The molecule has 0 aliphatic heterocycles. The molecule has 0 heterocycles. The molecule has 284 valence electrons. The van der Waals surface area contributed by atoms with E-state index in [1.165, 1.54) is 23.6 Å². The zero-order valence-electron chi connectivity index (χ0n) is 31.5. The molecule has 0 saturated heterocycles. The van der Waals surface area contributed by atoms with Crippen LogP contribution in [-0.2, 0) is 15.8 Å². The highest BCUT2D eigenvalue weighted by atomic mass is 19.4. The fraction of sp³-hybridized carbons (Fsp3) is 0.595. The van der Waals surface area contributed by atoms with Crippen molar-refractivity contribution in [3.05, 3.63) is 71.8 Å². The van der Waals surface area contributed by atoms with Gasteiger partial charge in [0.25, 0.3) is 0 Å². The van der Waals surface area contributed by atoms with E-state index in [1.807, 2.05) is 40.0 Å². The Hall–Kier alpha value is -3.48. The first-order valence-corrected chi connectivity index (χ1v) is 17.2. The third kappa shape index (κ3) is 35.6. The molecule has 9 nitrogen and oxygen atoms in total. The number of carbonyl (C=O) groups excluding carboxylic acids is 2. The van der Waals surface area contributed by atoms with Gasteiger partial charge in [0.05, 0.1) is 18.7 Å². The van der Waals surface area contributed by atoms with Gasteiger partial charge in [0.1, 0.15) is 6.29 Å². The lowest BCUT2D eigenvalue weighted by Gasteiger charge is -2.16. The van der Waals surface area contributed by atoms with E-state index in [2.05, 4.69) is 60.2 Å². The lowest BCUT2D eigenvalue weighted by molar-refractivity contribution is -0.137. The predicted molar refractivity (Wildman–Crippen MR) is 204 cm³/mol. The molecule has 0 radical (unpaired) electrons. The molecular weight excluding hydrogens is 631 g/mol. The van der Waals surface area contributed by atoms with Crippen LogP contribution in [0.1, 0.15) is 91.2 Å². The Morgan fingerprint density at radius 1 is 1.00 bits per heavy atom. The maximum atomic E-state index is 12.0. The van der Waals surface area contributed by atoms with E-state index in [0.717, 1.165) is 70.0 Å². The Bertz CT molecular complexity index is 1010. The van der Waals surface area contributed by atoms with Crippen molar-refractivity contribution >= 4 is 18.7 Å². The summed E-state index contributed by atoms with van der Waals surface area (Å²) in [6.45, 7) is 25.3. The van der Waals surface area contributed by atoms with Gasteiger partial charge >= 0.3 is 6.18 Å². The van der Waals surface area contributed by atoms with Gasteiger partial charge in [-0.05, 0) is 76.8 Å². The quantitative estimate of drug-likeness (QED) is 0.0302. The Kier molecular flexibility index (Phi) is 39.9. The van der Waals surface area contributed by atoms with Crippen molar-refractivity contribution in [2.75, 3.05) is 39.8 Å². The number of aldehydes is 1. The highest BCUT2D eigenvalue weighted by molar-refractivity contribution is 5.75. The lowest BCUT2D eigenvalue weighted by Crippen LogP contribution is -2.39. The van der Waals surface area contributed by atoms with Crippen LogP contribution in [0.25, 0.3) is 0 Å². The highest BCUT2D eigenvalue weighted by Gasteiger charge is 2.29. The topological polar surface area (TPSA) is 147 Å². The molecule has 2 unspecified atom stereocenters. The number of hydrogen-bond donors (Lipinski definition) is 6. The molecule has 1 rings (SSSR count). The van der Waals surface area contributed by atoms with Crippen LogP contribution in [0.3, 0.4) is 0 Å². The number of nitrogens with zero attached hydrogens (tertiary/aromatic N) is 1. The molecule has 0 bridgehead atoms. The van der Waals surface area contributed by atoms with Crippen LogP contribution in [0.4, 0.5) is 13.2 Å². The molecular formula is C37H68F3N7O2. The second-order valence-corrected chi connectivity index (χ2v) is 10.7. The molecule has 0 spiro atoms. The molecule has 1 aromatic carbocycles. The second-order valence-electron chi connectivity index (χ2n) is 10.7. The molecule has 49 heavy (non-hydrogen) atoms. The Morgan fingerprint density at radius 2 is 1.55 bits per heavy atom. The summed E-state index contributed by atoms with van der Waals surface area (Å²) in [6.07, 6.45) is 7.22. The molecule has 0 aliphatic carbocycles. The number of carbonyl (C=O) groups is 2. The first-order chi connectivity index (χ1) is 23.3. The van der Waals surface area contributed by atoms with Gasteiger partial charge in [-0.25, -0.2) is 0 Å². The van der Waals surface area contributed by atoms with Gasteiger partial charge in [0, 0.05) is 25.2 Å². The van der Waals surface area contributed by atoms with Gasteiger partial charge in [-0.1, -0.05) is 90.1 Å². The molecule has 2 atom stereocenters. The van der Waals surface area contributed by atoms with Crippen LogP contribution in [0.2, 0.25) is 0 Å². The van der Waals surface area contributed by atoms with Crippen LogP contribution >= 0.6 is 0 Å². The molecule has 1 amide bonds. The first kappa shape index (κ1) is 52.3.